The predicted octanol–water partition coefficient (Wildman–Crippen LogP) is 4.58. The van der Waals surface area contributed by atoms with Gasteiger partial charge in [0.05, 0.1) is 0 Å². The first-order valence-corrected chi connectivity index (χ1v) is 7.27. The summed E-state index contributed by atoms with van der Waals surface area (Å²) in [5.41, 5.74) is 8.18. The maximum atomic E-state index is 6.05. The van der Waals surface area contributed by atoms with Gasteiger partial charge >= 0.3 is 0 Å². The highest BCUT2D eigenvalue weighted by Crippen LogP contribution is 2.29. The Kier molecular flexibility index (Phi) is 5.05. The number of halogens is 1. The van der Waals surface area contributed by atoms with Crippen LogP contribution in [-0.4, -0.2) is 6.04 Å². The van der Waals surface area contributed by atoms with Crippen molar-refractivity contribution in [2.45, 2.75) is 32.7 Å². The summed E-state index contributed by atoms with van der Waals surface area (Å²) in [6.07, 6.45) is 1.73. The van der Waals surface area contributed by atoms with Gasteiger partial charge < -0.3 is 10.5 Å². The zero-order chi connectivity index (χ0) is 14.5. The summed E-state index contributed by atoms with van der Waals surface area (Å²) in [7, 11) is 0. The molecular weight excluding hydrogens is 270 g/mol. The van der Waals surface area contributed by atoms with Crippen molar-refractivity contribution in [3.05, 3.63) is 58.6 Å². The fraction of sp³-hybridized carbons (Fsp3) is 0.294. The highest BCUT2D eigenvalue weighted by atomic mass is 35.5. The molecular formula is C17H20ClNO. The second-order valence-corrected chi connectivity index (χ2v) is 5.47. The molecule has 0 fully saturated rings. The van der Waals surface area contributed by atoms with Crippen molar-refractivity contribution in [2.75, 3.05) is 0 Å². The third kappa shape index (κ3) is 3.99. The van der Waals surface area contributed by atoms with Gasteiger partial charge in [-0.2, -0.15) is 0 Å². The van der Waals surface area contributed by atoms with Gasteiger partial charge in [-0.15, -0.1) is 0 Å². The first-order valence-electron chi connectivity index (χ1n) is 6.89. The number of ether oxygens (including phenoxy) is 1. The number of aryl methyl sites for hydroxylation is 1. The van der Waals surface area contributed by atoms with Crippen molar-refractivity contribution in [2.24, 2.45) is 5.73 Å². The average Bonchev–Trinajstić information content (AvgIpc) is 2.41. The fourth-order valence-corrected chi connectivity index (χ4v) is 2.30. The van der Waals surface area contributed by atoms with Crippen molar-refractivity contribution >= 4 is 11.6 Å². The van der Waals surface area contributed by atoms with Gasteiger partial charge in [0.15, 0.2) is 0 Å². The molecule has 106 valence electrons. The molecule has 0 bridgehead atoms. The van der Waals surface area contributed by atoms with Gasteiger partial charge in [-0.05, 0) is 61.2 Å². The van der Waals surface area contributed by atoms with E-state index in [-0.39, 0.29) is 6.04 Å². The lowest BCUT2D eigenvalue weighted by molar-refractivity contribution is 0.473. The van der Waals surface area contributed by atoms with Crippen molar-refractivity contribution in [3.8, 4) is 11.5 Å². The molecule has 2 aromatic carbocycles. The number of hydrogen-bond acceptors (Lipinski definition) is 2. The van der Waals surface area contributed by atoms with E-state index >= 15 is 0 Å². The summed E-state index contributed by atoms with van der Waals surface area (Å²) in [4.78, 5) is 0. The van der Waals surface area contributed by atoms with E-state index < -0.39 is 0 Å². The summed E-state index contributed by atoms with van der Waals surface area (Å²) >= 11 is 6.05. The molecule has 0 aromatic heterocycles. The molecule has 2 nitrogen and oxygen atoms in total. The molecule has 0 amide bonds. The first-order chi connectivity index (χ1) is 9.58. The molecule has 0 aliphatic rings. The third-order valence-corrected chi connectivity index (χ3v) is 3.33. The largest absolute Gasteiger partial charge is 0.457 e. The zero-order valence-corrected chi connectivity index (χ0v) is 12.7. The average molecular weight is 290 g/mol. The molecule has 0 aliphatic heterocycles. The molecule has 3 heteroatoms. The van der Waals surface area contributed by atoms with Crippen LogP contribution in [0.25, 0.3) is 0 Å². The number of rotatable bonds is 5. The van der Waals surface area contributed by atoms with Crippen molar-refractivity contribution in [3.63, 3.8) is 0 Å². The van der Waals surface area contributed by atoms with Crippen molar-refractivity contribution < 1.29 is 4.74 Å². The van der Waals surface area contributed by atoms with E-state index in [4.69, 9.17) is 22.1 Å². The van der Waals surface area contributed by atoms with Gasteiger partial charge in [0, 0.05) is 11.1 Å². The Labute approximate surface area is 125 Å². The molecule has 0 radical (unpaired) electrons. The van der Waals surface area contributed by atoms with E-state index in [1.54, 1.807) is 0 Å². The minimum absolute atomic E-state index is 0.0674. The van der Waals surface area contributed by atoms with Crippen LogP contribution in [0.1, 0.15) is 25.0 Å². The quantitative estimate of drug-likeness (QED) is 0.874. The second kappa shape index (κ2) is 6.78. The predicted molar refractivity (Wildman–Crippen MR) is 84.7 cm³/mol. The SMILES string of the molecule is CCc1cccc(Oc2ccc(Cl)cc2CC(C)N)c1. The maximum absolute atomic E-state index is 6.05. The summed E-state index contributed by atoms with van der Waals surface area (Å²) in [5, 5.41) is 0.704. The highest BCUT2D eigenvalue weighted by molar-refractivity contribution is 6.30. The summed E-state index contributed by atoms with van der Waals surface area (Å²) in [6.45, 7) is 4.10. The van der Waals surface area contributed by atoms with Crippen LogP contribution < -0.4 is 10.5 Å². The Morgan fingerprint density at radius 3 is 2.70 bits per heavy atom. The molecule has 0 heterocycles. The van der Waals surface area contributed by atoms with E-state index in [1.165, 1.54) is 5.56 Å². The van der Waals surface area contributed by atoms with Gasteiger partial charge in [0.1, 0.15) is 11.5 Å². The van der Waals surface area contributed by atoms with Crippen LogP contribution in [0.5, 0.6) is 11.5 Å². The summed E-state index contributed by atoms with van der Waals surface area (Å²) in [5.74, 6) is 1.66. The van der Waals surface area contributed by atoms with Crippen LogP contribution in [-0.2, 0) is 12.8 Å². The molecule has 0 spiro atoms. The smallest absolute Gasteiger partial charge is 0.130 e. The molecule has 1 unspecified atom stereocenters. The second-order valence-electron chi connectivity index (χ2n) is 5.04. The zero-order valence-electron chi connectivity index (χ0n) is 11.9. The van der Waals surface area contributed by atoms with Crippen molar-refractivity contribution in [1.82, 2.24) is 0 Å². The molecule has 2 N–H and O–H groups in total. The Bertz CT molecular complexity index is 581. The monoisotopic (exact) mass is 289 g/mol. The number of hydrogen-bond donors (Lipinski definition) is 1. The molecule has 0 saturated carbocycles. The van der Waals surface area contributed by atoms with E-state index in [9.17, 15) is 0 Å². The minimum Gasteiger partial charge on any atom is -0.457 e. The molecule has 2 aromatic rings. The molecule has 0 saturated heterocycles. The standard InChI is InChI=1S/C17H20ClNO/c1-3-13-5-4-6-16(10-13)20-17-8-7-15(18)11-14(17)9-12(2)19/h4-8,10-12H,3,9,19H2,1-2H3. The lowest BCUT2D eigenvalue weighted by Gasteiger charge is -2.14. The lowest BCUT2D eigenvalue weighted by Crippen LogP contribution is -2.18. The summed E-state index contributed by atoms with van der Waals surface area (Å²) in [6, 6.07) is 13.9. The van der Waals surface area contributed by atoms with Crippen LogP contribution in [0.4, 0.5) is 0 Å². The van der Waals surface area contributed by atoms with E-state index in [2.05, 4.69) is 19.1 Å². The van der Waals surface area contributed by atoms with E-state index in [1.807, 2.05) is 37.3 Å². The van der Waals surface area contributed by atoms with E-state index in [0.29, 0.717) is 5.02 Å². The normalized spacial score (nSPS) is 12.2. The Morgan fingerprint density at radius 2 is 2.00 bits per heavy atom. The molecule has 2 rings (SSSR count). The number of benzene rings is 2. The van der Waals surface area contributed by atoms with Crippen LogP contribution in [0, 0.1) is 0 Å². The molecule has 0 aliphatic carbocycles. The lowest BCUT2D eigenvalue weighted by atomic mass is 10.1. The summed E-state index contributed by atoms with van der Waals surface area (Å²) < 4.78 is 5.99. The van der Waals surface area contributed by atoms with Crippen molar-refractivity contribution in [1.29, 1.82) is 0 Å². The maximum Gasteiger partial charge on any atom is 0.130 e. The minimum atomic E-state index is 0.0674. The first kappa shape index (κ1) is 14.9. The molecule has 1 atom stereocenters. The van der Waals surface area contributed by atoms with Crippen LogP contribution in [0.2, 0.25) is 5.02 Å². The number of nitrogens with two attached hydrogens (primary N) is 1. The Morgan fingerprint density at radius 1 is 1.20 bits per heavy atom. The third-order valence-electron chi connectivity index (χ3n) is 3.10. The van der Waals surface area contributed by atoms with Gasteiger partial charge in [-0.25, -0.2) is 0 Å². The van der Waals surface area contributed by atoms with Gasteiger partial charge in [0.25, 0.3) is 0 Å². The van der Waals surface area contributed by atoms with E-state index in [0.717, 1.165) is 29.9 Å². The van der Waals surface area contributed by atoms with Crippen LogP contribution >= 0.6 is 11.6 Å². The Balaban J connectivity index is 2.27. The molecule has 20 heavy (non-hydrogen) atoms. The Hall–Kier alpha value is -1.51. The van der Waals surface area contributed by atoms with Gasteiger partial charge in [-0.1, -0.05) is 30.7 Å². The topological polar surface area (TPSA) is 35.2 Å². The fourth-order valence-electron chi connectivity index (χ4n) is 2.11. The highest BCUT2D eigenvalue weighted by Gasteiger charge is 2.08. The van der Waals surface area contributed by atoms with Crippen LogP contribution in [0.3, 0.4) is 0 Å². The van der Waals surface area contributed by atoms with Gasteiger partial charge in [0.2, 0.25) is 0 Å². The van der Waals surface area contributed by atoms with Gasteiger partial charge in [-0.3, -0.25) is 0 Å². The van der Waals surface area contributed by atoms with Crippen LogP contribution in [0.15, 0.2) is 42.5 Å².